The summed E-state index contributed by atoms with van der Waals surface area (Å²) >= 11 is 0. The highest BCUT2D eigenvalue weighted by atomic mass is 16.6. The fraction of sp³-hybridized carbons (Fsp3) is 0.353. The van der Waals surface area contributed by atoms with Crippen LogP contribution in [0.3, 0.4) is 0 Å². The summed E-state index contributed by atoms with van der Waals surface area (Å²) in [7, 11) is 0. The van der Waals surface area contributed by atoms with Gasteiger partial charge in [0.05, 0.1) is 16.3 Å². The maximum absolute atomic E-state index is 12.1. The molecule has 0 spiro atoms. The summed E-state index contributed by atoms with van der Waals surface area (Å²) < 4.78 is 0. The third-order valence-corrected chi connectivity index (χ3v) is 3.85. The van der Waals surface area contributed by atoms with Crippen LogP contribution in [0, 0.1) is 26.1 Å². The molecule has 1 heterocycles. The fourth-order valence-corrected chi connectivity index (χ4v) is 2.35. The van der Waals surface area contributed by atoms with Crippen molar-refractivity contribution in [3.05, 3.63) is 56.4 Å². The van der Waals surface area contributed by atoms with Crippen LogP contribution in [0.4, 0.5) is 23.0 Å². The van der Waals surface area contributed by atoms with E-state index >= 15 is 0 Å². The van der Waals surface area contributed by atoms with Crippen LogP contribution in [-0.4, -0.2) is 32.3 Å². The molecule has 12 heteroatoms. The number of amides is 1. The zero-order chi connectivity index (χ0) is 21.4. The van der Waals surface area contributed by atoms with Crippen molar-refractivity contribution in [2.24, 2.45) is 5.92 Å². The first kappa shape index (κ1) is 21.5. The summed E-state index contributed by atoms with van der Waals surface area (Å²) in [5.74, 6) is -0.187. The predicted molar refractivity (Wildman–Crippen MR) is 105 cm³/mol. The number of nitro benzene ring substituents is 1. The average Bonchev–Trinajstić information content (AvgIpc) is 2.66. The van der Waals surface area contributed by atoms with Crippen molar-refractivity contribution in [1.82, 2.24) is 15.4 Å². The number of rotatable bonds is 10. The smallest absolute Gasteiger partial charge is 0.354 e. The number of nitrogens with zero attached hydrogens (tertiary/aromatic N) is 4. The zero-order valence-corrected chi connectivity index (χ0v) is 15.9. The Labute approximate surface area is 166 Å². The lowest BCUT2D eigenvalue weighted by molar-refractivity contribution is -0.384. The molecule has 0 aliphatic heterocycles. The van der Waals surface area contributed by atoms with E-state index in [1.165, 1.54) is 24.3 Å². The second kappa shape index (κ2) is 9.92. The van der Waals surface area contributed by atoms with Crippen molar-refractivity contribution in [1.29, 1.82) is 0 Å². The van der Waals surface area contributed by atoms with E-state index in [-0.39, 0.29) is 29.4 Å². The molecule has 0 aliphatic carbocycles. The summed E-state index contributed by atoms with van der Waals surface area (Å²) in [4.78, 5) is 40.7. The first-order valence-corrected chi connectivity index (χ1v) is 8.79. The molecule has 3 N–H and O–H groups in total. The molecule has 0 bridgehead atoms. The van der Waals surface area contributed by atoms with Gasteiger partial charge in [0.25, 0.3) is 5.69 Å². The number of hydrazine groups is 1. The second-order valence-electron chi connectivity index (χ2n) is 6.56. The molecule has 2 rings (SSSR count). The van der Waals surface area contributed by atoms with Gasteiger partial charge >= 0.3 is 5.69 Å². The number of hydrogen-bond donors (Lipinski definition) is 3. The van der Waals surface area contributed by atoms with E-state index < -0.39 is 15.8 Å². The van der Waals surface area contributed by atoms with Crippen LogP contribution in [0.25, 0.3) is 0 Å². The summed E-state index contributed by atoms with van der Waals surface area (Å²) in [6.07, 6.45) is 1.87. The Morgan fingerprint density at radius 3 is 2.31 bits per heavy atom. The zero-order valence-electron chi connectivity index (χ0n) is 15.9. The number of hydrogen-bond acceptors (Lipinski definition) is 9. The monoisotopic (exact) mass is 403 g/mol. The molecule has 1 amide bonds. The lowest BCUT2D eigenvalue weighted by atomic mass is 10.1. The standard InChI is InChI=1S/C17H21N7O5/c1-11(2)7-8-18-16-15(24(28)29)17(20-10-19-16)22-21-14(25)9-12-3-5-13(6-4-12)23(26)27/h3-6,10-11H,7-9H2,1-2H3,(H,21,25)(H2,18,19,20,22). The Bertz CT molecular complexity index is 886. The molecule has 1 aromatic carbocycles. The summed E-state index contributed by atoms with van der Waals surface area (Å²) in [5, 5.41) is 25.0. The van der Waals surface area contributed by atoms with Crippen molar-refractivity contribution in [3.63, 3.8) is 0 Å². The summed E-state index contributed by atoms with van der Waals surface area (Å²) in [5.41, 5.74) is 4.86. The van der Waals surface area contributed by atoms with Gasteiger partial charge in [0.15, 0.2) is 0 Å². The SMILES string of the molecule is CC(C)CCNc1ncnc(NNC(=O)Cc2ccc([N+](=O)[O-])cc2)c1[N+](=O)[O-]. The van der Waals surface area contributed by atoms with Gasteiger partial charge in [0.2, 0.25) is 17.5 Å². The van der Waals surface area contributed by atoms with Crippen molar-refractivity contribution in [2.45, 2.75) is 26.7 Å². The van der Waals surface area contributed by atoms with Crippen LogP contribution in [0.2, 0.25) is 0 Å². The number of nitrogens with one attached hydrogen (secondary N) is 3. The van der Waals surface area contributed by atoms with Crippen LogP contribution < -0.4 is 16.2 Å². The Kier molecular flexibility index (Phi) is 7.34. The van der Waals surface area contributed by atoms with Gasteiger partial charge in [0, 0.05) is 18.7 Å². The minimum absolute atomic E-state index is 0.0535. The van der Waals surface area contributed by atoms with E-state index in [0.29, 0.717) is 18.0 Å². The van der Waals surface area contributed by atoms with Gasteiger partial charge in [-0.15, -0.1) is 0 Å². The maximum atomic E-state index is 12.1. The quantitative estimate of drug-likeness (QED) is 0.399. The van der Waals surface area contributed by atoms with E-state index in [2.05, 4.69) is 26.1 Å². The molecule has 154 valence electrons. The molecular formula is C17H21N7O5. The predicted octanol–water partition coefficient (Wildman–Crippen LogP) is 2.44. The van der Waals surface area contributed by atoms with E-state index in [1.807, 2.05) is 13.8 Å². The molecule has 1 aromatic heterocycles. The molecule has 2 aromatic rings. The minimum atomic E-state index is -0.636. The molecule has 0 radical (unpaired) electrons. The van der Waals surface area contributed by atoms with Crippen LogP contribution in [0.1, 0.15) is 25.8 Å². The van der Waals surface area contributed by atoms with Crippen LogP contribution in [0.5, 0.6) is 0 Å². The number of non-ortho nitro benzene ring substituents is 1. The molecule has 12 nitrogen and oxygen atoms in total. The van der Waals surface area contributed by atoms with Gasteiger partial charge in [0.1, 0.15) is 6.33 Å². The molecular weight excluding hydrogens is 382 g/mol. The van der Waals surface area contributed by atoms with E-state index in [1.54, 1.807) is 0 Å². The van der Waals surface area contributed by atoms with E-state index in [0.717, 1.165) is 12.7 Å². The topological polar surface area (TPSA) is 165 Å². The Morgan fingerprint density at radius 2 is 1.72 bits per heavy atom. The van der Waals surface area contributed by atoms with Crippen LogP contribution in [0.15, 0.2) is 30.6 Å². The Hall–Kier alpha value is -3.83. The molecule has 0 saturated carbocycles. The van der Waals surface area contributed by atoms with Gasteiger partial charge < -0.3 is 5.32 Å². The number of anilines is 2. The number of benzene rings is 1. The Morgan fingerprint density at radius 1 is 1.07 bits per heavy atom. The number of aromatic nitrogens is 2. The van der Waals surface area contributed by atoms with Crippen LogP contribution >= 0.6 is 0 Å². The van der Waals surface area contributed by atoms with Crippen molar-refractivity contribution in [2.75, 3.05) is 17.3 Å². The van der Waals surface area contributed by atoms with Gasteiger partial charge in [-0.2, -0.15) is 0 Å². The highest BCUT2D eigenvalue weighted by Gasteiger charge is 2.23. The lowest BCUT2D eigenvalue weighted by Crippen LogP contribution is -2.31. The second-order valence-corrected chi connectivity index (χ2v) is 6.56. The number of carbonyl (C=O) groups excluding carboxylic acids is 1. The highest BCUT2D eigenvalue weighted by Crippen LogP contribution is 2.28. The van der Waals surface area contributed by atoms with Crippen molar-refractivity contribution < 1.29 is 14.6 Å². The molecule has 0 saturated heterocycles. The summed E-state index contributed by atoms with van der Waals surface area (Å²) in [6.45, 7) is 4.56. The third kappa shape index (κ3) is 6.37. The van der Waals surface area contributed by atoms with Crippen molar-refractivity contribution >= 4 is 28.9 Å². The molecule has 0 atom stereocenters. The average molecular weight is 403 g/mol. The lowest BCUT2D eigenvalue weighted by Gasteiger charge is -2.11. The normalized spacial score (nSPS) is 10.4. The van der Waals surface area contributed by atoms with Gasteiger partial charge in [-0.25, -0.2) is 9.97 Å². The summed E-state index contributed by atoms with van der Waals surface area (Å²) in [6, 6.07) is 5.50. The van der Waals surface area contributed by atoms with Gasteiger partial charge in [-0.05, 0) is 17.9 Å². The first-order valence-electron chi connectivity index (χ1n) is 8.79. The highest BCUT2D eigenvalue weighted by molar-refractivity contribution is 5.81. The van der Waals surface area contributed by atoms with Crippen LogP contribution in [-0.2, 0) is 11.2 Å². The number of nitro groups is 2. The number of carbonyl (C=O) groups is 1. The maximum Gasteiger partial charge on any atom is 0.354 e. The van der Waals surface area contributed by atoms with Gasteiger partial charge in [-0.1, -0.05) is 26.0 Å². The minimum Gasteiger partial charge on any atom is -0.364 e. The largest absolute Gasteiger partial charge is 0.364 e. The van der Waals surface area contributed by atoms with E-state index in [4.69, 9.17) is 0 Å². The van der Waals surface area contributed by atoms with Crippen molar-refractivity contribution in [3.8, 4) is 0 Å². The van der Waals surface area contributed by atoms with Gasteiger partial charge in [-0.3, -0.25) is 35.9 Å². The first-order chi connectivity index (χ1) is 13.8. The fourth-order valence-electron chi connectivity index (χ4n) is 2.35. The molecule has 0 aliphatic rings. The third-order valence-electron chi connectivity index (χ3n) is 3.85. The molecule has 29 heavy (non-hydrogen) atoms. The van der Waals surface area contributed by atoms with E-state index in [9.17, 15) is 25.0 Å². The molecule has 0 unspecified atom stereocenters. The Balaban J connectivity index is 2.02. The molecule has 0 fully saturated rings.